The van der Waals surface area contributed by atoms with Crippen LogP contribution in [0.25, 0.3) is 11.5 Å². The van der Waals surface area contributed by atoms with Crippen LogP contribution in [0.1, 0.15) is 19.3 Å². The number of benzene rings is 1. The Balaban J connectivity index is 1.91. The molecule has 0 N–H and O–H groups in total. The summed E-state index contributed by atoms with van der Waals surface area (Å²) in [5.41, 5.74) is 0.720. The number of methoxy groups -OCH3 is 3. The molecule has 25 heavy (non-hydrogen) atoms. The summed E-state index contributed by atoms with van der Waals surface area (Å²) in [5, 5.41) is 4.53. The molecule has 3 rings (SSSR count). The standard InChI is InChI=1S/C17H23N3O4S/c1-21-13-9-12(10-14(22-2)15(13)23-3)16-18-20(17(25)24-16)11-19-7-5-4-6-8-19/h9-10H,4-8,11H2,1-3H3. The minimum Gasteiger partial charge on any atom is -0.493 e. The fourth-order valence-corrected chi connectivity index (χ4v) is 3.18. The summed E-state index contributed by atoms with van der Waals surface area (Å²) in [6, 6.07) is 3.60. The van der Waals surface area contributed by atoms with E-state index in [1.165, 1.54) is 19.3 Å². The van der Waals surface area contributed by atoms with Gasteiger partial charge in [0.1, 0.15) is 0 Å². The monoisotopic (exact) mass is 365 g/mol. The van der Waals surface area contributed by atoms with E-state index in [0.29, 0.717) is 34.6 Å². The average Bonchev–Trinajstić information content (AvgIpc) is 3.01. The van der Waals surface area contributed by atoms with Gasteiger partial charge in [0.2, 0.25) is 11.6 Å². The molecule has 136 valence electrons. The normalized spacial score (nSPS) is 15.2. The first kappa shape index (κ1) is 17.8. The van der Waals surface area contributed by atoms with Gasteiger partial charge >= 0.3 is 0 Å². The second-order valence-electron chi connectivity index (χ2n) is 5.91. The van der Waals surface area contributed by atoms with E-state index in [9.17, 15) is 0 Å². The molecule has 1 fully saturated rings. The highest BCUT2D eigenvalue weighted by Gasteiger charge is 2.18. The molecule has 1 saturated heterocycles. The van der Waals surface area contributed by atoms with Gasteiger partial charge in [-0.3, -0.25) is 4.90 Å². The van der Waals surface area contributed by atoms with Gasteiger partial charge < -0.3 is 18.6 Å². The molecule has 0 spiro atoms. The van der Waals surface area contributed by atoms with Gasteiger partial charge in [0.25, 0.3) is 4.84 Å². The predicted octanol–water partition coefficient (Wildman–Crippen LogP) is 3.34. The number of hydrogen-bond donors (Lipinski definition) is 0. The van der Waals surface area contributed by atoms with Gasteiger partial charge in [-0.1, -0.05) is 6.42 Å². The van der Waals surface area contributed by atoms with Crippen LogP contribution in [0.3, 0.4) is 0 Å². The Morgan fingerprint density at radius 1 is 1.04 bits per heavy atom. The highest BCUT2D eigenvalue weighted by Crippen LogP contribution is 2.40. The van der Waals surface area contributed by atoms with Crippen molar-refractivity contribution in [3.8, 4) is 28.7 Å². The van der Waals surface area contributed by atoms with E-state index in [2.05, 4.69) is 10.00 Å². The number of likely N-dealkylation sites (tertiary alicyclic amines) is 1. The quantitative estimate of drug-likeness (QED) is 0.728. The lowest BCUT2D eigenvalue weighted by molar-refractivity contribution is 0.170. The first-order valence-electron chi connectivity index (χ1n) is 8.27. The lowest BCUT2D eigenvalue weighted by Crippen LogP contribution is -2.32. The van der Waals surface area contributed by atoms with Crippen LogP contribution >= 0.6 is 12.2 Å². The summed E-state index contributed by atoms with van der Waals surface area (Å²) in [5.74, 6) is 2.05. The zero-order chi connectivity index (χ0) is 17.8. The van der Waals surface area contributed by atoms with Crippen LogP contribution in [0.4, 0.5) is 0 Å². The molecule has 2 aromatic rings. The first-order chi connectivity index (χ1) is 12.2. The molecule has 0 aliphatic carbocycles. The zero-order valence-electron chi connectivity index (χ0n) is 14.8. The Bertz CT molecular complexity index is 755. The van der Waals surface area contributed by atoms with E-state index in [-0.39, 0.29) is 0 Å². The van der Waals surface area contributed by atoms with Crippen molar-refractivity contribution >= 4 is 12.2 Å². The molecule has 0 radical (unpaired) electrons. The van der Waals surface area contributed by atoms with Gasteiger partial charge in [-0.15, -0.1) is 5.10 Å². The van der Waals surface area contributed by atoms with Gasteiger partial charge in [0, 0.05) is 5.56 Å². The molecule has 1 aliphatic heterocycles. The van der Waals surface area contributed by atoms with Crippen molar-refractivity contribution in [2.45, 2.75) is 25.9 Å². The SMILES string of the molecule is COc1cc(-c2nn(CN3CCCCC3)c(=S)o2)cc(OC)c1OC. The predicted molar refractivity (Wildman–Crippen MR) is 95.8 cm³/mol. The molecule has 0 saturated carbocycles. The van der Waals surface area contributed by atoms with Gasteiger partial charge in [-0.05, 0) is 50.3 Å². The summed E-state index contributed by atoms with van der Waals surface area (Å²) in [7, 11) is 4.72. The van der Waals surface area contributed by atoms with E-state index in [4.69, 9.17) is 30.8 Å². The topological polar surface area (TPSA) is 61.9 Å². The van der Waals surface area contributed by atoms with E-state index in [1.807, 2.05) is 0 Å². The maximum Gasteiger partial charge on any atom is 0.288 e. The van der Waals surface area contributed by atoms with Crippen molar-refractivity contribution in [2.75, 3.05) is 34.4 Å². The molecule has 1 aromatic heterocycles. The highest BCUT2D eigenvalue weighted by molar-refractivity contribution is 7.71. The molecule has 8 heteroatoms. The fourth-order valence-electron chi connectivity index (χ4n) is 3.01. The molecule has 0 amide bonds. The van der Waals surface area contributed by atoms with Gasteiger partial charge in [0.05, 0.1) is 28.0 Å². The molecule has 7 nitrogen and oxygen atoms in total. The highest BCUT2D eigenvalue weighted by atomic mass is 32.1. The summed E-state index contributed by atoms with van der Waals surface area (Å²) in [6.45, 7) is 2.77. The Hall–Kier alpha value is -2.06. The third-order valence-corrected chi connectivity index (χ3v) is 4.59. The van der Waals surface area contributed by atoms with Crippen molar-refractivity contribution < 1.29 is 18.6 Å². The average molecular weight is 365 g/mol. The zero-order valence-corrected chi connectivity index (χ0v) is 15.6. The van der Waals surface area contributed by atoms with Gasteiger partial charge in [-0.2, -0.15) is 0 Å². The molecular weight excluding hydrogens is 342 g/mol. The van der Waals surface area contributed by atoms with Crippen molar-refractivity contribution in [1.29, 1.82) is 0 Å². The maximum atomic E-state index is 5.70. The molecule has 1 aromatic carbocycles. The van der Waals surface area contributed by atoms with E-state index in [0.717, 1.165) is 18.7 Å². The molecule has 1 aliphatic rings. The number of piperidine rings is 1. The number of hydrogen-bond acceptors (Lipinski definition) is 7. The largest absolute Gasteiger partial charge is 0.493 e. The molecule has 2 heterocycles. The van der Waals surface area contributed by atoms with Crippen molar-refractivity contribution in [3.05, 3.63) is 17.0 Å². The van der Waals surface area contributed by atoms with Gasteiger partial charge in [0.15, 0.2) is 11.5 Å². The third kappa shape index (κ3) is 3.80. The van der Waals surface area contributed by atoms with Crippen LogP contribution in [0.5, 0.6) is 17.2 Å². The van der Waals surface area contributed by atoms with E-state index < -0.39 is 0 Å². The summed E-state index contributed by atoms with van der Waals surface area (Å²) >= 11 is 5.33. The Labute approximate surface area is 152 Å². The first-order valence-corrected chi connectivity index (χ1v) is 8.67. The lowest BCUT2D eigenvalue weighted by Gasteiger charge is -2.25. The van der Waals surface area contributed by atoms with E-state index >= 15 is 0 Å². The fraction of sp³-hybridized carbons (Fsp3) is 0.529. The van der Waals surface area contributed by atoms with Crippen LogP contribution in [-0.4, -0.2) is 49.1 Å². The molecule has 0 atom stereocenters. The number of ether oxygens (including phenoxy) is 3. The Morgan fingerprint density at radius 2 is 1.68 bits per heavy atom. The number of rotatable bonds is 6. The summed E-state index contributed by atoms with van der Waals surface area (Å²) in [6.07, 6.45) is 3.72. The minimum atomic E-state index is 0.356. The minimum absolute atomic E-state index is 0.356. The second-order valence-corrected chi connectivity index (χ2v) is 6.26. The Morgan fingerprint density at radius 3 is 2.24 bits per heavy atom. The van der Waals surface area contributed by atoms with Crippen LogP contribution in [0.15, 0.2) is 16.5 Å². The number of aromatic nitrogens is 2. The number of nitrogens with zero attached hydrogens (tertiary/aromatic N) is 3. The Kier molecular flexibility index (Phi) is 5.60. The van der Waals surface area contributed by atoms with Crippen LogP contribution in [-0.2, 0) is 6.67 Å². The van der Waals surface area contributed by atoms with Crippen LogP contribution in [0.2, 0.25) is 0 Å². The smallest absolute Gasteiger partial charge is 0.288 e. The van der Waals surface area contributed by atoms with Crippen LogP contribution in [0, 0.1) is 4.84 Å². The molecular formula is C17H23N3O4S. The maximum absolute atomic E-state index is 5.70. The molecule has 0 unspecified atom stereocenters. The van der Waals surface area contributed by atoms with Crippen molar-refractivity contribution in [2.24, 2.45) is 0 Å². The lowest BCUT2D eigenvalue weighted by atomic mass is 10.1. The van der Waals surface area contributed by atoms with E-state index in [1.54, 1.807) is 38.1 Å². The second kappa shape index (κ2) is 7.88. The third-order valence-electron chi connectivity index (χ3n) is 4.30. The molecule has 0 bridgehead atoms. The summed E-state index contributed by atoms with van der Waals surface area (Å²) < 4.78 is 23.5. The van der Waals surface area contributed by atoms with Crippen molar-refractivity contribution in [1.82, 2.24) is 14.7 Å². The van der Waals surface area contributed by atoms with Gasteiger partial charge in [-0.25, -0.2) is 4.68 Å². The van der Waals surface area contributed by atoms with Crippen molar-refractivity contribution in [3.63, 3.8) is 0 Å². The van der Waals surface area contributed by atoms with Crippen LogP contribution < -0.4 is 14.2 Å². The summed E-state index contributed by atoms with van der Waals surface area (Å²) in [4.78, 5) is 2.69.